The number of thioether (sulfide) groups is 1. The molecule has 0 spiro atoms. The predicted octanol–water partition coefficient (Wildman–Crippen LogP) is 2.91. The summed E-state index contributed by atoms with van der Waals surface area (Å²) in [5.41, 5.74) is 5.06. The Morgan fingerprint density at radius 1 is 1.53 bits per heavy atom. The second-order valence-electron chi connectivity index (χ2n) is 3.39. The topological polar surface area (TPSA) is 38.0 Å². The van der Waals surface area contributed by atoms with Crippen molar-refractivity contribution in [2.45, 2.75) is 19.9 Å². The smallest absolute Gasteiger partial charge is 0.0550 e. The van der Waals surface area contributed by atoms with Crippen molar-refractivity contribution in [3.05, 3.63) is 34.3 Å². The van der Waals surface area contributed by atoms with E-state index in [1.54, 1.807) is 0 Å². The molecule has 1 rings (SSSR count). The largest absolute Gasteiger partial charge is 0.271 e. The van der Waals surface area contributed by atoms with E-state index in [-0.39, 0.29) is 6.04 Å². The van der Waals surface area contributed by atoms with Crippen molar-refractivity contribution in [2.75, 3.05) is 11.5 Å². The number of nitrogens with one attached hydrogen (secondary N) is 1. The van der Waals surface area contributed by atoms with Gasteiger partial charge in [0, 0.05) is 10.8 Å². The molecular formula is C11H17ClN2S. The molecule has 84 valence electrons. The van der Waals surface area contributed by atoms with Crippen molar-refractivity contribution < 1.29 is 0 Å². The van der Waals surface area contributed by atoms with Crippen LogP contribution in [0.4, 0.5) is 0 Å². The molecule has 15 heavy (non-hydrogen) atoms. The summed E-state index contributed by atoms with van der Waals surface area (Å²) in [7, 11) is 0. The zero-order valence-corrected chi connectivity index (χ0v) is 10.7. The van der Waals surface area contributed by atoms with Gasteiger partial charge in [-0.05, 0) is 29.9 Å². The molecule has 0 heterocycles. The van der Waals surface area contributed by atoms with Crippen LogP contribution in [-0.4, -0.2) is 11.5 Å². The van der Waals surface area contributed by atoms with Crippen molar-refractivity contribution in [3.63, 3.8) is 0 Å². The van der Waals surface area contributed by atoms with E-state index in [0.717, 1.165) is 27.7 Å². The first kappa shape index (κ1) is 12.8. The third-order valence-electron chi connectivity index (χ3n) is 2.29. The van der Waals surface area contributed by atoms with Crippen molar-refractivity contribution in [1.82, 2.24) is 5.43 Å². The molecule has 0 fully saturated rings. The second kappa shape index (κ2) is 6.38. The molecule has 0 aliphatic heterocycles. The molecule has 0 bridgehead atoms. The number of benzene rings is 1. The molecular weight excluding hydrogens is 228 g/mol. The number of halogens is 1. The van der Waals surface area contributed by atoms with E-state index in [0.29, 0.717) is 0 Å². The molecule has 2 nitrogen and oxygen atoms in total. The summed E-state index contributed by atoms with van der Waals surface area (Å²) >= 11 is 7.93. The van der Waals surface area contributed by atoms with Crippen LogP contribution in [0.3, 0.4) is 0 Å². The van der Waals surface area contributed by atoms with Crippen molar-refractivity contribution in [3.8, 4) is 0 Å². The highest BCUT2D eigenvalue weighted by molar-refractivity contribution is 7.99. The molecule has 3 N–H and O–H groups in total. The summed E-state index contributed by atoms with van der Waals surface area (Å²) in [6, 6.07) is 6.26. The van der Waals surface area contributed by atoms with Crippen molar-refractivity contribution in [2.24, 2.45) is 5.84 Å². The standard InChI is InChI=1S/C11H17ClN2S/c1-3-15-7-11(14-13)9-5-4-8(2)10(12)6-9/h4-6,11,14H,3,7,13H2,1-2H3. The van der Waals surface area contributed by atoms with Crippen LogP contribution in [0.5, 0.6) is 0 Å². The monoisotopic (exact) mass is 244 g/mol. The molecule has 0 aromatic heterocycles. The van der Waals surface area contributed by atoms with E-state index in [1.165, 1.54) is 0 Å². The number of hydrogen-bond acceptors (Lipinski definition) is 3. The highest BCUT2D eigenvalue weighted by atomic mass is 35.5. The quantitative estimate of drug-likeness (QED) is 0.618. The lowest BCUT2D eigenvalue weighted by Gasteiger charge is -2.16. The van der Waals surface area contributed by atoms with Gasteiger partial charge in [0.15, 0.2) is 0 Å². The Bertz CT molecular complexity index is 317. The molecule has 0 aliphatic rings. The predicted molar refractivity (Wildman–Crippen MR) is 69.3 cm³/mol. The maximum absolute atomic E-state index is 6.07. The molecule has 1 atom stereocenters. The molecule has 1 aromatic rings. The van der Waals surface area contributed by atoms with Crippen LogP contribution in [0.15, 0.2) is 18.2 Å². The molecule has 0 aliphatic carbocycles. The molecule has 1 unspecified atom stereocenters. The van der Waals surface area contributed by atoms with E-state index in [1.807, 2.05) is 30.8 Å². The third kappa shape index (κ3) is 3.68. The van der Waals surface area contributed by atoms with E-state index in [4.69, 9.17) is 17.4 Å². The third-order valence-corrected chi connectivity index (χ3v) is 3.67. The Labute approximate surface area is 101 Å². The normalized spacial score (nSPS) is 12.8. The van der Waals surface area contributed by atoms with Crippen molar-refractivity contribution in [1.29, 1.82) is 0 Å². The SMILES string of the molecule is CCSCC(NN)c1ccc(C)c(Cl)c1. The number of nitrogens with two attached hydrogens (primary N) is 1. The average molecular weight is 245 g/mol. The molecule has 0 radical (unpaired) electrons. The second-order valence-corrected chi connectivity index (χ2v) is 5.11. The van der Waals surface area contributed by atoms with Gasteiger partial charge in [-0.1, -0.05) is 30.7 Å². The Hall–Kier alpha value is -0.220. The van der Waals surface area contributed by atoms with E-state index in [9.17, 15) is 0 Å². The van der Waals surface area contributed by atoms with E-state index >= 15 is 0 Å². The maximum atomic E-state index is 6.07. The number of aryl methyl sites for hydroxylation is 1. The highest BCUT2D eigenvalue weighted by Gasteiger charge is 2.10. The highest BCUT2D eigenvalue weighted by Crippen LogP contribution is 2.23. The number of hydrogen-bond donors (Lipinski definition) is 2. The van der Waals surface area contributed by atoms with E-state index in [2.05, 4.69) is 18.4 Å². The summed E-state index contributed by atoms with van der Waals surface area (Å²) in [6.45, 7) is 4.14. The summed E-state index contributed by atoms with van der Waals surface area (Å²) in [4.78, 5) is 0. The first-order chi connectivity index (χ1) is 7.19. The minimum atomic E-state index is 0.174. The Balaban J connectivity index is 2.78. The van der Waals surface area contributed by atoms with Gasteiger partial charge >= 0.3 is 0 Å². The summed E-state index contributed by atoms with van der Waals surface area (Å²) in [6.07, 6.45) is 0. The minimum absolute atomic E-state index is 0.174. The Kier molecular flexibility index (Phi) is 5.47. The fourth-order valence-corrected chi connectivity index (χ4v) is 2.25. The fraction of sp³-hybridized carbons (Fsp3) is 0.455. The summed E-state index contributed by atoms with van der Waals surface area (Å²) in [5, 5.41) is 0.800. The lowest BCUT2D eigenvalue weighted by Crippen LogP contribution is -2.29. The number of hydrazine groups is 1. The molecule has 0 amide bonds. The Morgan fingerprint density at radius 2 is 2.27 bits per heavy atom. The van der Waals surface area contributed by atoms with Crippen LogP contribution < -0.4 is 11.3 Å². The molecule has 1 aromatic carbocycles. The van der Waals surface area contributed by atoms with Crippen LogP contribution in [0, 0.1) is 6.92 Å². The number of rotatable bonds is 5. The molecule has 0 saturated heterocycles. The van der Waals surface area contributed by atoms with Crippen LogP contribution in [0.1, 0.15) is 24.1 Å². The lowest BCUT2D eigenvalue weighted by atomic mass is 10.1. The summed E-state index contributed by atoms with van der Waals surface area (Å²) in [5.74, 6) is 7.59. The first-order valence-electron chi connectivity index (χ1n) is 4.99. The van der Waals surface area contributed by atoms with Gasteiger partial charge < -0.3 is 0 Å². The van der Waals surface area contributed by atoms with E-state index < -0.39 is 0 Å². The van der Waals surface area contributed by atoms with Crippen LogP contribution in [-0.2, 0) is 0 Å². The van der Waals surface area contributed by atoms with Gasteiger partial charge in [-0.15, -0.1) is 0 Å². The lowest BCUT2D eigenvalue weighted by molar-refractivity contribution is 0.611. The molecule has 0 saturated carbocycles. The van der Waals surface area contributed by atoms with Gasteiger partial charge in [0.2, 0.25) is 0 Å². The van der Waals surface area contributed by atoms with Gasteiger partial charge in [0.25, 0.3) is 0 Å². The molecule has 4 heteroatoms. The first-order valence-corrected chi connectivity index (χ1v) is 6.52. The Morgan fingerprint density at radius 3 is 2.80 bits per heavy atom. The van der Waals surface area contributed by atoms with Gasteiger partial charge in [0.05, 0.1) is 6.04 Å². The average Bonchev–Trinajstić information content (AvgIpc) is 2.24. The van der Waals surface area contributed by atoms with Crippen LogP contribution in [0.2, 0.25) is 5.02 Å². The zero-order valence-electron chi connectivity index (χ0n) is 9.09. The van der Waals surface area contributed by atoms with Crippen molar-refractivity contribution >= 4 is 23.4 Å². The van der Waals surface area contributed by atoms with Crippen LogP contribution in [0.25, 0.3) is 0 Å². The van der Waals surface area contributed by atoms with Gasteiger partial charge in [-0.25, -0.2) is 0 Å². The van der Waals surface area contributed by atoms with Gasteiger partial charge in [-0.2, -0.15) is 11.8 Å². The minimum Gasteiger partial charge on any atom is -0.271 e. The van der Waals surface area contributed by atoms with Gasteiger partial charge in [-0.3, -0.25) is 11.3 Å². The zero-order chi connectivity index (χ0) is 11.3. The van der Waals surface area contributed by atoms with Crippen LogP contribution >= 0.6 is 23.4 Å². The maximum Gasteiger partial charge on any atom is 0.0550 e. The summed E-state index contributed by atoms with van der Waals surface area (Å²) < 4.78 is 0. The fourth-order valence-electron chi connectivity index (χ4n) is 1.30. The van der Waals surface area contributed by atoms with Gasteiger partial charge in [0.1, 0.15) is 0 Å².